The maximum absolute atomic E-state index is 6.19. The second-order valence-electron chi connectivity index (χ2n) is 5.38. The van der Waals surface area contributed by atoms with E-state index in [-0.39, 0.29) is 0 Å². The van der Waals surface area contributed by atoms with Gasteiger partial charge in [0.2, 0.25) is 0 Å². The monoisotopic (exact) mass is 368 g/mol. The Hall–Kier alpha value is -2.70. The Bertz CT molecular complexity index is 1130. The maximum atomic E-state index is 6.19. The number of aromatic nitrogens is 4. The molecule has 7 heteroatoms. The molecule has 2 aromatic heterocycles. The Morgan fingerprint density at radius 3 is 2.88 bits per heavy atom. The highest BCUT2D eigenvalue weighted by molar-refractivity contribution is 7.71. The molecule has 0 atom stereocenters. The van der Waals surface area contributed by atoms with E-state index in [2.05, 4.69) is 15.2 Å². The summed E-state index contributed by atoms with van der Waals surface area (Å²) in [5.74, 6) is 1.29. The fraction of sp³-hybridized carbons (Fsp3) is 0.0556. The highest BCUT2D eigenvalue weighted by atomic mass is 35.5. The Morgan fingerprint density at radius 2 is 2.04 bits per heavy atom. The first kappa shape index (κ1) is 15.8. The number of rotatable bonds is 3. The van der Waals surface area contributed by atoms with Crippen LogP contribution in [0.2, 0.25) is 5.02 Å². The first-order valence-corrected chi connectivity index (χ1v) is 8.33. The fourth-order valence-corrected chi connectivity index (χ4v) is 3.24. The molecule has 0 aliphatic rings. The van der Waals surface area contributed by atoms with Gasteiger partial charge in [0.25, 0.3) is 0 Å². The van der Waals surface area contributed by atoms with Crippen LogP contribution in [0, 0.1) is 4.77 Å². The lowest BCUT2D eigenvalue weighted by atomic mass is 10.1. The summed E-state index contributed by atoms with van der Waals surface area (Å²) in [4.78, 5) is 4.41. The summed E-state index contributed by atoms with van der Waals surface area (Å²) in [5.41, 5.74) is 2.52. The summed E-state index contributed by atoms with van der Waals surface area (Å²) in [5, 5.41) is 8.84. The number of pyridine rings is 1. The van der Waals surface area contributed by atoms with Crippen molar-refractivity contribution in [1.29, 1.82) is 0 Å². The molecule has 0 fully saturated rings. The van der Waals surface area contributed by atoms with Crippen LogP contribution in [0.1, 0.15) is 0 Å². The Balaban J connectivity index is 2.04. The van der Waals surface area contributed by atoms with Crippen LogP contribution in [0.25, 0.3) is 28.0 Å². The van der Waals surface area contributed by atoms with Gasteiger partial charge in [-0.1, -0.05) is 17.7 Å². The zero-order valence-electron chi connectivity index (χ0n) is 13.2. The van der Waals surface area contributed by atoms with E-state index in [1.807, 2.05) is 47.0 Å². The highest BCUT2D eigenvalue weighted by Crippen LogP contribution is 2.34. The third kappa shape index (κ3) is 2.69. The number of hydrogen-bond acceptors (Lipinski definition) is 4. The van der Waals surface area contributed by atoms with E-state index in [0.717, 1.165) is 22.2 Å². The maximum Gasteiger partial charge on any atom is 0.200 e. The summed E-state index contributed by atoms with van der Waals surface area (Å²) in [6, 6.07) is 15.2. The van der Waals surface area contributed by atoms with Crippen LogP contribution in [0.5, 0.6) is 5.75 Å². The quantitative estimate of drug-likeness (QED) is 0.527. The van der Waals surface area contributed by atoms with Crippen LogP contribution in [0.4, 0.5) is 0 Å². The number of nitrogens with one attached hydrogen (secondary N) is 1. The van der Waals surface area contributed by atoms with Gasteiger partial charge in [-0.3, -0.25) is 14.6 Å². The number of methoxy groups -OCH3 is 1. The SMILES string of the molecule is COc1ccc(Cl)cc1-c1n[nH]c(=S)n1-c1cccc2ncccc12. The number of hydrogen-bond donors (Lipinski definition) is 1. The molecule has 5 nitrogen and oxygen atoms in total. The minimum atomic E-state index is 0.480. The smallest absolute Gasteiger partial charge is 0.200 e. The average molecular weight is 369 g/mol. The van der Waals surface area contributed by atoms with E-state index in [9.17, 15) is 0 Å². The Kier molecular flexibility index (Phi) is 3.99. The molecule has 0 bridgehead atoms. The third-order valence-corrected chi connectivity index (χ3v) is 4.45. The van der Waals surface area contributed by atoms with Crippen LogP contribution >= 0.6 is 23.8 Å². The van der Waals surface area contributed by atoms with Gasteiger partial charge in [-0.15, -0.1) is 0 Å². The van der Waals surface area contributed by atoms with Gasteiger partial charge in [0.1, 0.15) is 5.75 Å². The number of benzene rings is 2. The lowest BCUT2D eigenvalue weighted by Gasteiger charge is -2.12. The fourth-order valence-electron chi connectivity index (χ4n) is 2.84. The number of aromatic amines is 1. The molecule has 124 valence electrons. The lowest BCUT2D eigenvalue weighted by Crippen LogP contribution is -2.00. The van der Waals surface area contributed by atoms with Crippen molar-refractivity contribution in [2.24, 2.45) is 0 Å². The molecule has 0 radical (unpaired) electrons. The van der Waals surface area contributed by atoms with Crippen LogP contribution in [-0.4, -0.2) is 26.9 Å². The van der Waals surface area contributed by atoms with E-state index >= 15 is 0 Å². The van der Waals surface area contributed by atoms with Gasteiger partial charge < -0.3 is 4.74 Å². The van der Waals surface area contributed by atoms with Crippen LogP contribution in [-0.2, 0) is 0 Å². The van der Waals surface area contributed by atoms with Gasteiger partial charge >= 0.3 is 0 Å². The van der Waals surface area contributed by atoms with Crippen LogP contribution < -0.4 is 4.74 Å². The summed E-state index contributed by atoms with van der Waals surface area (Å²) in [6.07, 6.45) is 1.77. The summed E-state index contributed by atoms with van der Waals surface area (Å²) >= 11 is 11.7. The van der Waals surface area contributed by atoms with E-state index in [0.29, 0.717) is 21.4 Å². The molecule has 2 aromatic carbocycles. The largest absolute Gasteiger partial charge is 0.496 e. The van der Waals surface area contributed by atoms with Crippen molar-refractivity contribution in [3.63, 3.8) is 0 Å². The van der Waals surface area contributed by atoms with E-state index in [1.54, 1.807) is 19.4 Å². The number of ether oxygens (including phenoxy) is 1. The minimum absolute atomic E-state index is 0.480. The van der Waals surface area contributed by atoms with Crippen molar-refractivity contribution in [2.45, 2.75) is 0 Å². The Labute approximate surface area is 153 Å². The molecule has 0 aliphatic carbocycles. The van der Waals surface area contributed by atoms with E-state index in [1.165, 1.54) is 0 Å². The van der Waals surface area contributed by atoms with Crippen molar-refractivity contribution in [2.75, 3.05) is 7.11 Å². The summed E-state index contributed by atoms with van der Waals surface area (Å²) in [6.45, 7) is 0. The molecule has 0 amide bonds. The number of halogens is 1. The number of H-pyrrole nitrogens is 1. The molecule has 4 aromatic rings. The normalized spacial score (nSPS) is 11.0. The van der Waals surface area contributed by atoms with Gasteiger partial charge in [-0.25, -0.2) is 0 Å². The van der Waals surface area contributed by atoms with Gasteiger partial charge in [-0.05, 0) is 54.7 Å². The highest BCUT2D eigenvalue weighted by Gasteiger charge is 2.17. The third-order valence-electron chi connectivity index (χ3n) is 3.94. The zero-order chi connectivity index (χ0) is 17.4. The van der Waals surface area contributed by atoms with E-state index < -0.39 is 0 Å². The molecule has 0 aliphatic heterocycles. The van der Waals surface area contributed by atoms with Crippen molar-refractivity contribution in [1.82, 2.24) is 19.7 Å². The molecule has 2 heterocycles. The van der Waals surface area contributed by atoms with Crippen molar-refractivity contribution in [3.05, 3.63) is 64.5 Å². The van der Waals surface area contributed by atoms with Gasteiger partial charge in [0.15, 0.2) is 10.6 Å². The molecule has 0 unspecified atom stereocenters. The molecular formula is C18H13ClN4OS. The first-order valence-electron chi connectivity index (χ1n) is 7.54. The van der Waals surface area contributed by atoms with E-state index in [4.69, 9.17) is 28.6 Å². The first-order chi connectivity index (χ1) is 12.2. The van der Waals surface area contributed by atoms with Gasteiger partial charge in [0, 0.05) is 16.6 Å². The van der Waals surface area contributed by atoms with Gasteiger partial charge in [0.05, 0.1) is 23.9 Å². The molecule has 1 N–H and O–H groups in total. The Morgan fingerprint density at radius 1 is 1.16 bits per heavy atom. The second kappa shape index (κ2) is 6.31. The molecule has 4 rings (SSSR count). The zero-order valence-corrected chi connectivity index (χ0v) is 14.8. The molecule has 0 saturated carbocycles. The standard InChI is InChI=1S/C18H13ClN4OS/c1-24-16-8-7-11(19)10-13(16)17-21-22-18(25)23(17)15-6-2-5-14-12(15)4-3-9-20-14/h2-10H,1H3,(H,22,25). The summed E-state index contributed by atoms with van der Waals surface area (Å²) < 4.78 is 7.82. The second-order valence-corrected chi connectivity index (χ2v) is 6.20. The predicted octanol–water partition coefficient (Wildman–Crippen LogP) is 4.81. The molecule has 0 saturated heterocycles. The van der Waals surface area contributed by atoms with Crippen molar-refractivity contribution >= 4 is 34.7 Å². The molecule has 25 heavy (non-hydrogen) atoms. The average Bonchev–Trinajstić information content (AvgIpc) is 3.02. The number of fused-ring (bicyclic) bond motifs is 1. The molecule has 0 spiro atoms. The lowest BCUT2D eigenvalue weighted by molar-refractivity contribution is 0.416. The van der Waals surface area contributed by atoms with Crippen LogP contribution in [0.15, 0.2) is 54.7 Å². The predicted molar refractivity (Wildman–Crippen MR) is 101 cm³/mol. The topological polar surface area (TPSA) is 55.7 Å². The minimum Gasteiger partial charge on any atom is -0.496 e. The van der Waals surface area contributed by atoms with Crippen molar-refractivity contribution in [3.8, 4) is 22.8 Å². The molecular weight excluding hydrogens is 356 g/mol. The summed E-state index contributed by atoms with van der Waals surface area (Å²) in [7, 11) is 1.61. The van der Waals surface area contributed by atoms with Crippen molar-refractivity contribution < 1.29 is 4.74 Å². The van der Waals surface area contributed by atoms with Crippen LogP contribution in [0.3, 0.4) is 0 Å². The van der Waals surface area contributed by atoms with Gasteiger partial charge in [-0.2, -0.15) is 5.10 Å². The number of nitrogens with zero attached hydrogens (tertiary/aromatic N) is 3.